The first-order valence-corrected chi connectivity index (χ1v) is 6.44. The highest BCUT2D eigenvalue weighted by atomic mass is 16.6. The molecule has 0 unspecified atom stereocenters. The molecule has 0 spiro atoms. The minimum Gasteiger partial charge on any atom is -0.267 e. The van der Waals surface area contributed by atoms with Crippen LogP contribution in [-0.4, -0.2) is 27.4 Å². The maximum atomic E-state index is 11.9. The molecule has 0 aliphatic heterocycles. The number of aromatic nitrogens is 2. The number of nitro benzene ring substituents is 1. The molecule has 9 nitrogen and oxygen atoms in total. The van der Waals surface area contributed by atoms with Crippen LogP contribution in [0.25, 0.3) is 11.0 Å². The van der Waals surface area contributed by atoms with Crippen molar-refractivity contribution in [2.24, 2.45) is 5.10 Å². The molecule has 23 heavy (non-hydrogen) atoms. The Labute approximate surface area is 128 Å². The number of nitrogens with zero attached hydrogens (tertiary/aromatic N) is 4. The molecule has 0 aliphatic carbocycles. The molecule has 0 aliphatic rings. The Morgan fingerprint density at radius 2 is 2.00 bits per heavy atom. The topological polar surface area (TPSA) is 124 Å². The van der Waals surface area contributed by atoms with E-state index in [-0.39, 0.29) is 11.3 Å². The summed E-state index contributed by atoms with van der Waals surface area (Å²) in [6.45, 7) is 0. The molecule has 0 atom stereocenters. The minimum absolute atomic E-state index is 0.0877. The largest absolute Gasteiger partial charge is 0.271 e. The van der Waals surface area contributed by atoms with Gasteiger partial charge in [0.15, 0.2) is 0 Å². The predicted octanol–water partition coefficient (Wildman–Crippen LogP) is 1.89. The average molecular weight is 311 g/mol. The lowest BCUT2D eigenvalue weighted by Gasteiger charge is -1.99. The Balaban J connectivity index is 1.71. The second kappa shape index (κ2) is 6.02. The van der Waals surface area contributed by atoms with Crippen LogP contribution in [-0.2, 0) is 0 Å². The van der Waals surface area contributed by atoms with Crippen molar-refractivity contribution in [1.29, 1.82) is 0 Å². The number of nitrogens with one attached hydrogen (secondary N) is 1. The first kappa shape index (κ1) is 14.3. The first-order chi connectivity index (χ1) is 11.1. The summed E-state index contributed by atoms with van der Waals surface area (Å²) >= 11 is 0. The fraction of sp³-hybridized carbons (Fsp3) is 0. The molecule has 1 heterocycles. The van der Waals surface area contributed by atoms with Gasteiger partial charge in [-0.3, -0.25) is 14.9 Å². The number of hydrogen-bond acceptors (Lipinski definition) is 7. The normalized spacial score (nSPS) is 11.0. The monoisotopic (exact) mass is 311 g/mol. The standard InChI is InChI=1S/C14H9N5O4/c20-14(9-4-6-11(7-5-9)19(21)22)16-15-8-10-2-1-3-12-13(10)18-23-17-12/h1-8H,(H,16,20). The lowest BCUT2D eigenvalue weighted by molar-refractivity contribution is -0.384. The van der Waals surface area contributed by atoms with Gasteiger partial charge in [0.05, 0.1) is 11.1 Å². The van der Waals surface area contributed by atoms with Gasteiger partial charge in [-0.05, 0) is 28.5 Å². The fourth-order valence-electron chi connectivity index (χ4n) is 1.89. The van der Waals surface area contributed by atoms with Gasteiger partial charge in [0.1, 0.15) is 11.0 Å². The van der Waals surface area contributed by atoms with Crippen molar-refractivity contribution in [1.82, 2.24) is 15.7 Å². The fourth-order valence-corrected chi connectivity index (χ4v) is 1.89. The molecular weight excluding hydrogens is 302 g/mol. The molecule has 0 radical (unpaired) electrons. The van der Waals surface area contributed by atoms with Crippen molar-refractivity contribution < 1.29 is 14.3 Å². The van der Waals surface area contributed by atoms with Crippen LogP contribution in [0.3, 0.4) is 0 Å². The third-order valence-electron chi connectivity index (χ3n) is 3.03. The Morgan fingerprint density at radius 1 is 1.22 bits per heavy atom. The van der Waals surface area contributed by atoms with Crippen LogP contribution in [0, 0.1) is 10.1 Å². The molecule has 0 bridgehead atoms. The Bertz CT molecular complexity index is 901. The quantitative estimate of drug-likeness (QED) is 0.446. The van der Waals surface area contributed by atoms with E-state index in [0.717, 1.165) is 0 Å². The van der Waals surface area contributed by atoms with Crippen molar-refractivity contribution in [3.63, 3.8) is 0 Å². The minimum atomic E-state index is -0.535. The van der Waals surface area contributed by atoms with Gasteiger partial charge in [0.25, 0.3) is 11.6 Å². The van der Waals surface area contributed by atoms with Gasteiger partial charge >= 0.3 is 0 Å². The van der Waals surface area contributed by atoms with Crippen LogP contribution in [0.15, 0.2) is 52.2 Å². The average Bonchev–Trinajstić information content (AvgIpc) is 3.04. The Hall–Kier alpha value is -3.62. The Morgan fingerprint density at radius 3 is 2.74 bits per heavy atom. The molecule has 0 saturated heterocycles. The molecule has 3 rings (SSSR count). The van der Waals surface area contributed by atoms with Crippen molar-refractivity contribution >= 4 is 28.8 Å². The molecule has 1 N–H and O–H groups in total. The van der Waals surface area contributed by atoms with Crippen LogP contribution in [0.1, 0.15) is 15.9 Å². The van der Waals surface area contributed by atoms with Gasteiger partial charge in [-0.2, -0.15) is 5.10 Å². The maximum absolute atomic E-state index is 11.9. The molecule has 1 amide bonds. The second-order valence-electron chi connectivity index (χ2n) is 4.48. The first-order valence-electron chi connectivity index (χ1n) is 6.44. The summed E-state index contributed by atoms with van der Waals surface area (Å²) in [6.07, 6.45) is 1.41. The zero-order valence-corrected chi connectivity index (χ0v) is 11.5. The van der Waals surface area contributed by atoms with Gasteiger partial charge in [0, 0.05) is 23.3 Å². The van der Waals surface area contributed by atoms with Crippen LogP contribution in [0.2, 0.25) is 0 Å². The Kier molecular flexibility index (Phi) is 3.75. The zero-order valence-electron chi connectivity index (χ0n) is 11.5. The molecule has 0 saturated carbocycles. The third kappa shape index (κ3) is 3.02. The molecule has 0 fully saturated rings. The van der Waals surface area contributed by atoms with E-state index in [4.69, 9.17) is 0 Å². The van der Waals surface area contributed by atoms with E-state index >= 15 is 0 Å². The number of carbonyl (C=O) groups is 1. The van der Waals surface area contributed by atoms with Crippen LogP contribution >= 0.6 is 0 Å². The summed E-state index contributed by atoms with van der Waals surface area (Å²) in [5, 5.41) is 21.8. The van der Waals surface area contributed by atoms with Crippen LogP contribution in [0.5, 0.6) is 0 Å². The number of benzene rings is 2. The van der Waals surface area contributed by atoms with E-state index in [1.807, 2.05) is 0 Å². The van der Waals surface area contributed by atoms with Gasteiger partial charge in [-0.1, -0.05) is 12.1 Å². The van der Waals surface area contributed by atoms with Gasteiger partial charge in [-0.15, -0.1) is 0 Å². The summed E-state index contributed by atoms with van der Waals surface area (Å²) in [6, 6.07) is 10.4. The SMILES string of the molecule is O=C(NN=Cc1cccc2nonc12)c1ccc([N+](=O)[O-])cc1. The number of carbonyl (C=O) groups excluding carboxylic acids is 1. The van der Waals surface area contributed by atoms with Crippen molar-refractivity contribution in [2.45, 2.75) is 0 Å². The number of hydrazone groups is 1. The predicted molar refractivity (Wildman–Crippen MR) is 80.0 cm³/mol. The molecule has 3 aromatic rings. The number of fused-ring (bicyclic) bond motifs is 1. The lowest BCUT2D eigenvalue weighted by atomic mass is 10.2. The van der Waals surface area contributed by atoms with E-state index in [1.54, 1.807) is 18.2 Å². The van der Waals surface area contributed by atoms with Crippen LogP contribution < -0.4 is 5.43 Å². The van der Waals surface area contributed by atoms with E-state index in [1.165, 1.54) is 30.5 Å². The number of hydrogen-bond donors (Lipinski definition) is 1. The summed E-state index contributed by atoms with van der Waals surface area (Å²) < 4.78 is 4.63. The van der Waals surface area contributed by atoms with Crippen LogP contribution in [0.4, 0.5) is 5.69 Å². The van der Waals surface area contributed by atoms with Gasteiger partial charge in [0.2, 0.25) is 0 Å². The van der Waals surface area contributed by atoms with Crippen molar-refractivity contribution in [3.05, 3.63) is 63.7 Å². The van der Waals surface area contributed by atoms with E-state index < -0.39 is 10.8 Å². The van der Waals surface area contributed by atoms with E-state index in [2.05, 4.69) is 25.5 Å². The second-order valence-corrected chi connectivity index (χ2v) is 4.48. The summed E-state index contributed by atoms with van der Waals surface area (Å²) in [4.78, 5) is 21.9. The smallest absolute Gasteiger partial charge is 0.267 e. The van der Waals surface area contributed by atoms with E-state index in [0.29, 0.717) is 16.6 Å². The van der Waals surface area contributed by atoms with Gasteiger partial charge < -0.3 is 0 Å². The maximum Gasteiger partial charge on any atom is 0.271 e. The number of rotatable bonds is 4. The molecule has 2 aromatic carbocycles. The van der Waals surface area contributed by atoms with Crippen molar-refractivity contribution in [3.8, 4) is 0 Å². The highest BCUT2D eigenvalue weighted by Crippen LogP contribution is 2.13. The third-order valence-corrected chi connectivity index (χ3v) is 3.03. The highest BCUT2D eigenvalue weighted by molar-refractivity contribution is 5.98. The number of amides is 1. The van der Waals surface area contributed by atoms with E-state index in [9.17, 15) is 14.9 Å². The molecule has 9 heteroatoms. The number of nitro groups is 1. The molecule has 1 aromatic heterocycles. The zero-order chi connectivity index (χ0) is 16.2. The molecular formula is C14H9N5O4. The molecule has 114 valence electrons. The lowest BCUT2D eigenvalue weighted by Crippen LogP contribution is -2.17. The summed E-state index contributed by atoms with van der Waals surface area (Å²) in [5.74, 6) is -0.485. The summed E-state index contributed by atoms with van der Waals surface area (Å²) in [5.41, 5.74) is 4.25. The highest BCUT2D eigenvalue weighted by Gasteiger charge is 2.09. The summed E-state index contributed by atoms with van der Waals surface area (Å²) in [7, 11) is 0. The van der Waals surface area contributed by atoms with Crippen molar-refractivity contribution in [2.75, 3.05) is 0 Å². The van der Waals surface area contributed by atoms with Gasteiger partial charge in [-0.25, -0.2) is 10.1 Å². The number of non-ortho nitro benzene ring substituents is 1.